The molecule has 1 aliphatic rings. The van der Waals surface area contributed by atoms with E-state index < -0.39 is 10.0 Å². The molecular formula is C24H29N3O2S. The summed E-state index contributed by atoms with van der Waals surface area (Å²) in [6, 6.07) is 18.9. The number of rotatable bonds is 5. The number of nitrogens with one attached hydrogen (secondary N) is 1. The number of fused-ring (bicyclic) bond motifs is 1. The topological polar surface area (TPSA) is 52.7 Å². The van der Waals surface area contributed by atoms with E-state index in [2.05, 4.69) is 16.5 Å². The van der Waals surface area contributed by atoms with Crippen molar-refractivity contribution >= 4 is 37.9 Å². The number of nitrogens with zero attached hydrogens (tertiary/aromatic N) is 2. The Balaban J connectivity index is 1.60. The third-order valence-corrected chi connectivity index (χ3v) is 7.34. The summed E-state index contributed by atoms with van der Waals surface area (Å²) in [5, 5.41) is 1.63. The van der Waals surface area contributed by atoms with Crippen LogP contribution in [0, 0.1) is 5.92 Å². The monoisotopic (exact) mass is 423 g/mol. The first-order chi connectivity index (χ1) is 14.3. The van der Waals surface area contributed by atoms with E-state index >= 15 is 0 Å². The van der Waals surface area contributed by atoms with Crippen molar-refractivity contribution in [3.8, 4) is 0 Å². The van der Waals surface area contributed by atoms with Crippen molar-refractivity contribution in [1.82, 2.24) is 0 Å². The van der Waals surface area contributed by atoms with Crippen LogP contribution in [-0.4, -0.2) is 35.6 Å². The minimum Gasteiger partial charge on any atom is -0.377 e. The van der Waals surface area contributed by atoms with Crippen LogP contribution in [0.15, 0.2) is 65.6 Å². The Kier molecular flexibility index (Phi) is 5.60. The van der Waals surface area contributed by atoms with E-state index in [9.17, 15) is 8.42 Å². The molecule has 1 fully saturated rings. The Morgan fingerprint density at radius 1 is 0.900 bits per heavy atom. The summed E-state index contributed by atoms with van der Waals surface area (Å²) in [6.07, 6.45) is 2.40. The van der Waals surface area contributed by atoms with E-state index in [1.54, 1.807) is 12.1 Å². The molecule has 30 heavy (non-hydrogen) atoms. The lowest BCUT2D eigenvalue weighted by molar-refractivity contribution is 0.438. The smallest absolute Gasteiger partial charge is 0.262 e. The van der Waals surface area contributed by atoms with Crippen molar-refractivity contribution in [2.24, 2.45) is 5.92 Å². The molecule has 0 bridgehead atoms. The van der Waals surface area contributed by atoms with Crippen molar-refractivity contribution in [2.45, 2.75) is 24.7 Å². The van der Waals surface area contributed by atoms with Gasteiger partial charge in [-0.2, -0.15) is 0 Å². The van der Waals surface area contributed by atoms with Gasteiger partial charge in [0.05, 0.1) is 4.90 Å². The average Bonchev–Trinajstić information content (AvgIpc) is 2.73. The van der Waals surface area contributed by atoms with Gasteiger partial charge in [-0.15, -0.1) is 0 Å². The lowest BCUT2D eigenvalue weighted by Crippen LogP contribution is -2.32. The molecule has 1 heterocycles. The molecule has 5 nitrogen and oxygen atoms in total. The van der Waals surface area contributed by atoms with E-state index in [4.69, 9.17) is 0 Å². The van der Waals surface area contributed by atoms with Crippen LogP contribution in [0.1, 0.15) is 19.8 Å². The maximum absolute atomic E-state index is 13.2. The van der Waals surface area contributed by atoms with Gasteiger partial charge in [-0.3, -0.25) is 4.72 Å². The Bertz CT molecular complexity index is 1130. The lowest BCUT2D eigenvalue weighted by Gasteiger charge is -2.32. The minimum atomic E-state index is -3.71. The second-order valence-corrected chi connectivity index (χ2v) is 10.00. The van der Waals surface area contributed by atoms with Gasteiger partial charge in [-0.1, -0.05) is 31.2 Å². The number of benzene rings is 3. The third-order valence-electron chi connectivity index (χ3n) is 5.90. The largest absolute Gasteiger partial charge is 0.377 e. The van der Waals surface area contributed by atoms with Gasteiger partial charge >= 0.3 is 0 Å². The quantitative estimate of drug-likeness (QED) is 0.631. The molecule has 6 heteroatoms. The van der Waals surface area contributed by atoms with Crippen LogP contribution in [0.25, 0.3) is 10.8 Å². The molecular weight excluding hydrogens is 394 g/mol. The van der Waals surface area contributed by atoms with E-state index in [1.165, 1.54) is 12.8 Å². The van der Waals surface area contributed by atoms with Crippen LogP contribution < -0.4 is 14.5 Å². The lowest BCUT2D eigenvalue weighted by atomic mass is 9.99. The molecule has 0 atom stereocenters. The number of anilines is 3. The SMILES string of the molecule is CC1CCN(c2ccc(NS(=O)(=O)c3cccc4c(N(C)C)cccc34)cc2)CC1. The van der Waals surface area contributed by atoms with Crippen LogP contribution in [0.5, 0.6) is 0 Å². The Morgan fingerprint density at radius 3 is 2.20 bits per heavy atom. The average molecular weight is 424 g/mol. The number of hydrogen-bond acceptors (Lipinski definition) is 4. The molecule has 0 unspecified atom stereocenters. The molecule has 1 aliphatic heterocycles. The molecule has 0 spiro atoms. The highest BCUT2D eigenvalue weighted by Crippen LogP contribution is 2.31. The van der Waals surface area contributed by atoms with Crippen LogP contribution in [0.2, 0.25) is 0 Å². The molecule has 0 saturated carbocycles. The maximum Gasteiger partial charge on any atom is 0.262 e. The van der Waals surface area contributed by atoms with E-state index in [0.29, 0.717) is 5.69 Å². The molecule has 0 aliphatic carbocycles. The summed E-state index contributed by atoms with van der Waals surface area (Å²) in [4.78, 5) is 4.65. The Morgan fingerprint density at radius 2 is 1.53 bits per heavy atom. The van der Waals surface area contributed by atoms with Crippen LogP contribution in [0.4, 0.5) is 17.1 Å². The summed E-state index contributed by atoms with van der Waals surface area (Å²) in [6.45, 7) is 4.40. The normalized spacial score (nSPS) is 15.4. The van der Waals surface area contributed by atoms with Gasteiger partial charge in [-0.05, 0) is 55.2 Å². The van der Waals surface area contributed by atoms with Crippen molar-refractivity contribution < 1.29 is 8.42 Å². The van der Waals surface area contributed by atoms with Crippen LogP contribution in [0.3, 0.4) is 0 Å². The first-order valence-electron chi connectivity index (χ1n) is 10.4. The molecule has 0 amide bonds. The van der Waals surface area contributed by atoms with E-state index in [-0.39, 0.29) is 4.90 Å². The summed E-state index contributed by atoms with van der Waals surface area (Å²) < 4.78 is 29.1. The van der Waals surface area contributed by atoms with Gasteiger partial charge < -0.3 is 9.80 Å². The van der Waals surface area contributed by atoms with Gasteiger partial charge in [0.25, 0.3) is 10.0 Å². The summed E-state index contributed by atoms with van der Waals surface area (Å²) >= 11 is 0. The standard InChI is InChI=1S/C24H29N3O2S/c1-18-14-16-27(17-15-18)20-12-10-19(11-13-20)25-30(28,29)24-9-5-6-21-22(24)7-4-8-23(21)26(2)3/h4-13,18,25H,14-17H2,1-3H3. The Hall–Kier alpha value is -2.73. The first-order valence-corrected chi connectivity index (χ1v) is 11.9. The highest BCUT2D eigenvalue weighted by molar-refractivity contribution is 7.93. The second-order valence-electron chi connectivity index (χ2n) is 8.34. The zero-order chi connectivity index (χ0) is 21.3. The molecule has 1 N–H and O–H groups in total. The fourth-order valence-corrected chi connectivity index (χ4v) is 5.39. The predicted octanol–water partition coefficient (Wildman–Crippen LogP) is 4.94. The van der Waals surface area contributed by atoms with E-state index in [1.807, 2.05) is 67.5 Å². The Labute approximate surface area is 179 Å². The zero-order valence-electron chi connectivity index (χ0n) is 17.8. The van der Waals surface area contributed by atoms with E-state index in [0.717, 1.165) is 41.2 Å². The van der Waals surface area contributed by atoms with Crippen molar-refractivity contribution in [3.63, 3.8) is 0 Å². The number of piperidine rings is 1. The van der Waals surface area contributed by atoms with Gasteiger partial charge in [0, 0.05) is 55.0 Å². The van der Waals surface area contributed by atoms with Gasteiger partial charge in [0.15, 0.2) is 0 Å². The number of sulfonamides is 1. The molecule has 3 aromatic rings. The maximum atomic E-state index is 13.2. The highest BCUT2D eigenvalue weighted by atomic mass is 32.2. The van der Waals surface area contributed by atoms with Crippen LogP contribution in [-0.2, 0) is 10.0 Å². The number of hydrogen-bond donors (Lipinski definition) is 1. The van der Waals surface area contributed by atoms with Gasteiger partial charge in [0.1, 0.15) is 0 Å². The molecule has 3 aromatic carbocycles. The van der Waals surface area contributed by atoms with Crippen molar-refractivity contribution in [2.75, 3.05) is 41.7 Å². The molecule has 1 saturated heterocycles. The second kappa shape index (κ2) is 8.19. The fourth-order valence-electron chi connectivity index (χ4n) is 4.11. The van der Waals surface area contributed by atoms with Crippen molar-refractivity contribution in [3.05, 3.63) is 60.7 Å². The zero-order valence-corrected chi connectivity index (χ0v) is 18.6. The molecule has 158 valence electrons. The van der Waals surface area contributed by atoms with Crippen LogP contribution >= 0.6 is 0 Å². The third kappa shape index (κ3) is 4.10. The van der Waals surface area contributed by atoms with Crippen molar-refractivity contribution in [1.29, 1.82) is 0 Å². The summed E-state index contributed by atoms with van der Waals surface area (Å²) in [7, 11) is 0.205. The molecule has 0 aromatic heterocycles. The highest BCUT2D eigenvalue weighted by Gasteiger charge is 2.20. The van der Waals surface area contributed by atoms with Gasteiger partial charge in [0.2, 0.25) is 0 Å². The predicted molar refractivity (Wildman–Crippen MR) is 126 cm³/mol. The molecule has 4 rings (SSSR count). The summed E-state index contributed by atoms with van der Waals surface area (Å²) in [5.74, 6) is 0.779. The van der Waals surface area contributed by atoms with Gasteiger partial charge in [-0.25, -0.2) is 8.42 Å². The summed E-state index contributed by atoms with van der Waals surface area (Å²) in [5.41, 5.74) is 2.71. The molecule has 0 radical (unpaired) electrons. The first kappa shape index (κ1) is 20.5. The minimum absolute atomic E-state index is 0.290. The fraction of sp³-hybridized carbons (Fsp3) is 0.333.